The summed E-state index contributed by atoms with van der Waals surface area (Å²) in [4.78, 5) is 4.30. The Labute approximate surface area is 172 Å². The first-order valence-electron chi connectivity index (χ1n) is 7.97. The van der Waals surface area contributed by atoms with Crippen molar-refractivity contribution in [2.75, 3.05) is 24.6 Å². The minimum absolute atomic E-state index is 0. The highest BCUT2D eigenvalue weighted by molar-refractivity contribution is 14.0. The van der Waals surface area contributed by atoms with Gasteiger partial charge in [-0.05, 0) is 25.2 Å². The molecule has 0 saturated carbocycles. The first-order chi connectivity index (χ1) is 11.8. The van der Waals surface area contributed by atoms with Gasteiger partial charge in [-0.15, -0.1) is 37.1 Å². The van der Waals surface area contributed by atoms with E-state index in [4.69, 9.17) is 0 Å². The average Bonchev–Trinajstić information content (AvgIpc) is 2.97. The van der Waals surface area contributed by atoms with Gasteiger partial charge in [-0.25, -0.2) is 4.99 Å². The summed E-state index contributed by atoms with van der Waals surface area (Å²) in [6.07, 6.45) is -4.04. The van der Waals surface area contributed by atoms with E-state index in [1.54, 1.807) is 17.8 Å². The first kappa shape index (κ1) is 23.2. The normalized spacial score (nSPS) is 20.4. The fourth-order valence-corrected chi connectivity index (χ4v) is 3.64. The molecule has 26 heavy (non-hydrogen) atoms. The van der Waals surface area contributed by atoms with Gasteiger partial charge >= 0.3 is 6.36 Å². The standard InChI is InChI=1S/C16H22F3N3O2S.HI/c1-2-20-14(22-10-15(23)7-8-25-11-15)21-9-12-5-3-4-6-13(12)24-16(17,18)19;/h3-6,23H,2,7-11H2,1H3,(H2,20,21,22);1H. The molecule has 1 aromatic carbocycles. The number of aliphatic imine (C=N–C) groups is 1. The van der Waals surface area contributed by atoms with E-state index in [-0.39, 0.29) is 36.3 Å². The second-order valence-corrected chi connectivity index (χ2v) is 6.84. The summed E-state index contributed by atoms with van der Waals surface area (Å²) < 4.78 is 41.4. The summed E-state index contributed by atoms with van der Waals surface area (Å²) in [6, 6.07) is 5.91. The van der Waals surface area contributed by atoms with Crippen molar-refractivity contribution in [3.63, 3.8) is 0 Å². The van der Waals surface area contributed by atoms with E-state index in [9.17, 15) is 18.3 Å². The quantitative estimate of drug-likeness (QED) is 0.315. The second-order valence-electron chi connectivity index (χ2n) is 5.73. The summed E-state index contributed by atoms with van der Waals surface area (Å²) >= 11 is 1.69. The lowest BCUT2D eigenvalue weighted by molar-refractivity contribution is -0.274. The van der Waals surface area contributed by atoms with E-state index in [1.165, 1.54) is 18.2 Å². The Hall–Kier alpha value is -0.880. The molecule has 0 spiro atoms. The largest absolute Gasteiger partial charge is 0.573 e. The van der Waals surface area contributed by atoms with Crippen molar-refractivity contribution in [2.24, 2.45) is 4.99 Å². The molecule has 10 heteroatoms. The number of guanidine groups is 1. The number of rotatable bonds is 6. The van der Waals surface area contributed by atoms with Gasteiger partial charge in [0, 0.05) is 24.4 Å². The highest BCUT2D eigenvalue weighted by Crippen LogP contribution is 2.27. The summed E-state index contributed by atoms with van der Waals surface area (Å²) in [5.74, 6) is 1.74. The molecule has 148 valence electrons. The highest BCUT2D eigenvalue weighted by atomic mass is 127. The predicted octanol–water partition coefficient (Wildman–Crippen LogP) is 3.13. The molecule has 0 amide bonds. The van der Waals surface area contributed by atoms with Gasteiger partial charge in [0.05, 0.1) is 12.1 Å². The lowest BCUT2D eigenvalue weighted by Gasteiger charge is -2.23. The molecule has 2 rings (SSSR count). The molecule has 1 unspecified atom stereocenters. The molecule has 1 aliphatic heterocycles. The third-order valence-corrected chi connectivity index (χ3v) is 4.85. The number of benzene rings is 1. The monoisotopic (exact) mass is 505 g/mol. The zero-order chi connectivity index (χ0) is 18.3. The summed E-state index contributed by atoms with van der Waals surface area (Å²) in [7, 11) is 0. The first-order valence-corrected chi connectivity index (χ1v) is 9.13. The molecule has 3 N–H and O–H groups in total. The molecular formula is C16H23F3IN3O2S. The Bertz CT molecular complexity index is 596. The number of alkyl halides is 3. The Morgan fingerprint density at radius 2 is 2.08 bits per heavy atom. The van der Waals surface area contributed by atoms with E-state index in [0.717, 1.165) is 5.75 Å². The number of para-hydroxylation sites is 1. The summed E-state index contributed by atoms with van der Waals surface area (Å²) in [5, 5.41) is 16.4. The number of aliphatic hydroxyl groups is 1. The number of nitrogens with one attached hydrogen (secondary N) is 2. The number of thioether (sulfide) groups is 1. The maximum atomic E-state index is 12.5. The van der Waals surface area contributed by atoms with Crippen LogP contribution >= 0.6 is 35.7 Å². The van der Waals surface area contributed by atoms with E-state index in [0.29, 0.717) is 36.8 Å². The molecule has 1 aliphatic rings. The average molecular weight is 505 g/mol. The molecule has 0 aromatic heterocycles. The van der Waals surface area contributed by atoms with Crippen molar-refractivity contribution in [1.29, 1.82) is 0 Å². The van der Waals surface area contributed by atoms with Crippen LogP contribution in [0.25, 0.3) is 0 Å². The second kappa shape index (κ2) is 10.5. The van der Waals surface area contributed by atoms with Crippen LogP contribution in [-0.4, -0.2) is 47.6 Å². The zero-order valence-electron chi connectivity index (χ0n) is 14.3. The topological polar surface area (TPSA) is 65.9 Å². The van der Waals surface area contributed by atoms with Crippen LogP contribution in [0.15, 0.2) is 29.3 Å². The highest BCUT2D eigenvalue weighted by Gasteiger charge is 2.32. The smallest absolute Gasteiger partial charge is 0.405 e. The van der Waals surface area contributed by atoms with Gasteiger partial charge in [0.15, 0.2) is 5.96 Å². The van der Waals surface area contributed by atoms with Crippen LogP contribution in [-0.2, 0) is 6.54 Å². The van der Waals surface area contributed by atoms with Crippen molar-refractivity contribution < 1.29 is 23.0 Å². The van der Waals surface area contributed by atoms with Crippen LogP contribution in [0, 0.1) is 0 Å². The lowest BCUT2D eigenvalue weighted by atomic mass is 10.0. The molecule has 1 fully saturated rings. The van der Waals surface area contributed by atoms with E-state index >= 15 is 0 Å². The molecule has 5 nitrogen and oxygen atoms in total. The van der Waals surface area contributed by atoms with Crippen molar-refractivity contribution in [3.8, 4) is 5.75 Å². The molecule has 0 radical (unpaired) electrons. The molecule has 1 saturated heterocycles. The fraction of sp³-hybridized carbons (Fsp3) is 0.562. The van der Waals surface area contributed by atoms with E-state index in [2.05, 4.69) is 20.4 Å². The van der Waals surface area contributed by atoms with Crippen LogP contribution in [0.4, 0.5) is 13.2 Å². The van der Waals surface area contributed by atoms with Crippen molar-refractivity contribution in [3.05, 3.63) is 29.8 Å². The van der Waals surface area contributed by atoms with Crippen LogP contribution in [0.2, 0.25) is 0 Å². The molecule has 1 aromatic rings. The number of nitrogens with zero attached hydrogens (tertiary/aromatic N) is 1. The van der Waals surface area contributed by atoms with Gasteiger partial charge < -0.3 is 20.5 Å². The Kier molecular flexibility index (Phi) is 9.31. The molecule has 0 bridgehead atoms. The lowest BCUT2D eigenvalue weighted by Crippen LogP contribution is -2.47. The minimum atomic E-state index is -4.74. The van der Waals surface area contributed by atoms with E-state index in [1.807, 2.05) is 6.92 Å². The number of hydrogen-bond donors (Lipinski definition) is 3. The third-order valence-electron chi connectivity index (χ3n) is 3.62. The minimum Gasteiger partial charge on any atom is -0.405 e. The molecule has 0 aliphatic carbocycles. The number of hydrogen-bond acceptors (Lipinski definition) is 4. The zero-order valence-corrected chi connectivity index (χ0v) is 17.5. The van der Waals surface area contributed by atoms with Gasteiger partial charge in [-0.3, -0.25) is 0 Å². The Balaban J connectivity index is 0.00000338. The van der Waals surface area contributed by atoms with Crippen LogP contribution in [0.1, 0.15) is 18.9 Å². The fourth-order valence-electron chi connectivity index (χ4n) is 2.35. The third kappa shape index (κ3) is 7.78. The van der Waals surface area contributed by atoms with E-state index < -0.39 is 12.0 Å². The van der Waals surface area contributed by atoms with Crippen LogP contribution in [0.5, 0.6) is 5.75 Å². The van der Waals surface area contributed by atoms with Gasteiger partial charge in [-0.2, -0.15) is 11.8 Å². The SMILES string of the molecule is CCNC(=NCc1ccccc1OC(F)(F)F)NCC1(O)CCSC1.I. The van der Waals surface area contributed by atoms with Crippen molar-refractivity contribution >= 4 is 41.7 Å². The van der Waals surface area contributed by atoms with Gasteiger partial charge in [0.1, 0.15) is 5.75 Å². The molecule has 1 atom stereocenters. The van der Waals surface area contributed by atoms with Crippen molar-refractivity contribution in [1.82, 2.24) is 10.6 Å². The summed E-state index contributed by atoms with van der Waals surface area (Å²) in [6.45, 7) is 2.85. The van der Waals surface area contributed by atoms with Crippen LogP contribution in [0.3, 0.4) is 0 Å². The van der Waals surface area contributed by atoms with Gasteiger partial charge in [0.2, 0.25) is 0 Å². The maximum Gasteiger partial charge on any atom is 0.573 e. The number of halogens is 4. The van der Waals surface area contributed by atoms with Gasteiger partial charge in [-0.1, -0.05) is 18.2 Å². The summed E-state index contributed by atoms with van der Waals surface area (Å²) in [5.41, 5.74) is -0.454. The maximum absolute atomic E-state index is 12.5. The Morgan fingerprint density at radius 3 is 2.69 bits per heavy atom. The number of ether oxygens (including phenoxy) is 1. The molecule has 1 heterocycles. The van der Waals surface area contributed by atoms with Gasteiger partial charge in [0.25, 0.3) is 0 Å². The predicted molar refractivity (Wildman–Crippen MR) is 108 cm³/mol. The van der Waals surface area contributed by atoms with Crippen molar-refractivity contribution in [2.45, 2.75) is 31.9 Å². The Morgan fingerprint density at radius 1 is 1.35 bits per heavy atom. The molecular weight excluding hydrogens is 482 g/mol. The van der Waals surface area contributed by atoms with Crippen LogP contribution < -0.4 is 15.4 Å².